The Balaban J connectivity index is 1.37. The standard InChI is InChI=1S/C31H31F3N4O9S4/c1-17-6-11-28(50(43,44)37-48(5,39)40)20(4)30(17)36-24-10-8-22-14-21-7-9-23(15-26(21)47-27(22)16-24)35-29-18(2)12-25(13-19(29)3)49(41,42)38-51(45,46)31(32,33)34/h6-16,24,35-38H,1-5H3. The molecule has 3 aromatic rings. The van der Waals surface area contributed by atoms with Gasteiger partial charge in [0.05, 0.1) is 22.1 Å². The van der Waals surface area contributed by atoms with Gasteiger partial charge in [0, 0.05) is 34.3 Å². The Morgan fingerprint density at radius 1 is 0.765 bits per heavy atom. The van der Waals surface area contributed by atoms with E-state index in [4.69, 9.17) is 4.74 Å². The Hall–Kier alpha value is -4.21. The molecule has 51 heavy (non-hydrogen) atoms. The van der Waals surface area contributed by atoms with Crippen molar-refractivity contribution in [1.29, 1.82) is 0 Å². The van der Waals surface area contributed by atoms with Gasteiger partial charge in [-0.15, -0.1) is 4.13 Å². The molecular weight excluding hydrogens is 758 g/mol. The number of aryl methyl sites for hydroxylation is 3. The molecule has 0 aromatic heterocycles. The van der Waals surface area contributed by atoms with Gasteiger partial charge in [0.1, 0.15) is 11.5 Å². The van der Waals surface area contributed by atoms with Crippen LogP contribution in [0.15, 0.2) is 81.8 Å². The SMILES string of the molecule is Cc1cc(S(=O)(=O)NS(=O)(=O)C(F)(F)F)cc(C)c1Nc1ccc2c(c1)OC1=CC(Nc3c(C)ccc(S(=O)(=O)NS(C)(=O)=O)c3C)C=CC1=C2. The molecule has 20 heteroatoms. The van der Waals surface area contributed by atoms with Gasteiger partial charge in [-0.1, -0.05) is 22.3 Å². The van der Waals surface area contributed by atoms with Gasteiger partial charge in [-0.05, 0) is 92.4 Å². The molecule has 0 amide bonds. The molecule has 3 aromatic carbocycles. The predicted molar refractivity (Wildman–Crippen MR) is 185 cm³/mol. The topological polar surface area (TPSA) is 194 Å². The van der Waals surface area contributed by atoms with E-state index in [2.05, 4.69) is 10.6 Å². The van der Waals surface area contributed by atoms with Gasteiger partial charge in [0.2, 0.25) is 10.0 Å². The van der Waals surface area contributed by atoms with Crippen molar-refractivity contribution in [3.63, 3.8) is 0 Å². The number of fused-ring (bicyclic) bond motifs is 2. The second kappa shape index (κ2) is 13.1. The van der Waals surface area contributed by atoms with Crippen LogP contribution in [0.4, 0.5) is 30.2 Å². The molecule has 1 aliphatic heterocycles. The first kappa shape index (κ1) is 38.0. The van der Waals surface area contributed by atoms with Crippen LogP contribution >= 0.6 is 0 Å². The van der Waals surface area contributed by atoms with Gasteiger partial charge < -0.3 is 15.4 Å². The van der Waals surface area contributed by atoms with Crippen LogP contribution in [0.25, 0.3) is 6.08 Å². The molecule has 0 spiro atoms. The zero-order valence-electron chi connectivity index (χ0n) is 27.4. The number of allylic oxidation sites excluding steroid dienone is 1. The predicted octanol–water partition coefficient (Wildman–Crippen LogP) is 4.74. The lowest BCUT2D eigenvalue weighted by atomic mass is 9.98. The fourth-order valence-corrected chi connectivity index (χ4v) is 10.7. The third-order valence-electron chi connectivity index (χ3n) is 7.74. The number of nitrogens with one attached hydrogen (secondary N) is 4. The molecular formula is C31H31F3N4O9S4. The molecule has 0 bridgehead atoms. The van der Waals surface area contributed by atoms with Crippen molar-refractivity contribution in [3.05, 3.63) is 99.8 Å². The van der Waals surface area contributed by atoms with Crippen LogP contribution in [0.5, 0.6) is 5.75 Å². The van der Waals surface area contributed by atoms with Crippen molar-refractivity contribution in [3.8, 4) is 5.75 Å². The maximum Gasteiger partial charge on any atom is 0.512 e. The van der Waals surface area contributed by atoms with Gasteiger partial charge in [0.25, 0.3) is 20.0 Å². The highest BCUT2D eigenvalue weighted by molar-refractivity contribution is 8.05. The maximum absolute atomic E-state index is 12.8. The van der Waals surface area contributed by atoms with E-state index in [0.717, 1.165) is 33.7 Å². The van der Waals surface area contributed by atoms with Crippen molar-refractivity contribution in [2.75, 3.05) is 16.9 Å². The summed E-state index contributed by atoms with van der Waals surface area (Å²) in [7, 11) is -19.7. The van der Waals surface area contributed by atoms with Crippen molar-refractivity contribution >= 4 is 63.2 Å². The van der Waals surface area contributed by atoms with Crippen LogP contribution in [-0.2, 0) is 40.1 Å². The Kier molecular flexibility index (Phi) is 9.76. The van der Waals surface area contributed by atoms with Crippen LogP contribution < -0.4 is 23.6 Å². The third kappa shape index (κ3) is 8.15. The Bertz CT molecular complexity index is 2490. The van der Waals surface area contributed by atoms with E-state index in [9.17, 15) is 46.8 Å². The highest BCUT2D eigenvalue weighted by Gasteiger charge is 2.48. The summed E-state index contributed by atoms with van der Waals surface area (Å²) < 4.78 is 144. The van der Waals surface area contributed by atoms with Crippen molar-refractivity contribution in [1.82, 2.24) is 8.25 Å². The lowest BCUT2D eigenvalue weighted by molar-refractivity contribution is -0.0441. The number of hydrogen-bond donors (Lipinski definition) is 4. The lowest BCUT2D eigenvalue weighted by Crippen LogP contribution is -2.40. The van der Waals surface area contributed by atoms with Crippen LogP contribution in [0.2, 0.25) is 0 Å². The van der Waals surface area contributed by atoms with Crippen molar-refractivity contribution in [2.24, 2.45) is 0 Å². The molecule has 1 atom stereocenters. The van der Waals surface area contributed by atoms with Gasteiger partial charge >= 0.3 is 15.5 Å². The summed E-state index contributed by atoms with van der Waals surface area (Å²) in [4.78, 5) is -0.878. The second-order valence-corrected chi connectivity index (χ2v) is 19.1. The minimum Gasteiger partial charge on any atom is -0.456 e. The van der Waals surface area contributed by atoms with Gasteiger partial charge in [0.15, 0.2) is 0 Å². The molecule has 274 valence electrons. The normalized spacial score (nSPS) is 16.4. The fraction of sp³-hybridized carbons (Fsp3) is 0.226. The molecule has 13 nitrogen and oxygen atoms in total. The average Bonchev–Trinajstić information content (AvgIpc) is 2.97. The number of alkyl halides is 3. The maximum atomic E-state index is 12.8. The summed E-state index contributed by atoms with van der Waals surface area (Å²) >= 11 is 0. The third-order valence-corrected chi connectivity index (χ3v) is 14.1. The molecule has 2 aliphatic rings. The highest BCUT2D eigenvalue weighted by atomic mass is 32.3. The Labute approximate surface area is 293 Å². The minimum absolute atomic E-state index is 0.204. The lowest BCUT2D eigenvalue weighted by Gasteiger charge is -2.26. The number of halogens is 3. The van der Waals surface area contributed by atoms with E-state index >= 15 is 0 Å². The molecule has 1 unspecified atom stereocenters. The molecule has 5 rings (SSSR count). The number of anilines is 3. The number of hydrogen-bond acceptors (Lipinski definition) is 11. The van der Waals surface area contributed by atoms with Crippen LogP contribution in [0.3, 0.4) is 0 Å². The van der Waals surface area contributed by atoms with Gasteiger partial charge in [-0.3, -0.25) is 0 Å². The molecule has 0 radical (unpaired) electrons. The van der Waals surface area contributed by atoms with E-state index in [1.807, 2.05) is 18.2 Å². The minimum atomic E-state index is -6.17. The number of sulfonamides is 4. The zero-order chi connectivity index (χ0) is 37.9. The quantitative estimate of drug-likeness (QED) is 0.222. The van der Waals surface area contributed by atoms with Crippen molar-refractivity contribution in [2.45, 2.75) is 49.0 Å². The number of benzene rings is 3. The van der Waals surface area contributed by atoms with Crippen LogP contribution in [0, 0.1) is 27.7 Å². The largest absolute Gasteiger partial charge is 0.512 e. The zero-order valence-corrected chi connectivity index (χ0v) is 30.6. The first-order valence-electron chi connectivity index (χ1n) is 14.6. The van der Waals surface area contributed by atoms with Crippen molar-refractivity contribution < 1.29 is 51.6 Å². The van der Waals surface area contributed by atoms with Crippen LogP contribution in [-0.4, -0.2) is 51.5 Å². The molecule has 0 saturated heterocycles. The van der Waals surface area contributed by atoms with Gasteiger partial charge in [-0.2, -0.15) is 13.2 Å². The van der Waals surface area contributed by atoms with E-state index < -0.39 is 56.5 Å². The summed E-state index contributed by atoms with van der Waals surface area (Å²) in [6.45, 7) is 6.33. The van der Waals surface area contributed by atoms with E-state index in [1.54, 1.807) is 48.3 Å². The fourth-order valence-electron chi connectivity index (χ4n) is 5.42. The average molecular weight is 789 g/mol. The van der Waals surface area contributed by atoms with Crippen LogP contribution in [0.1, 0.15) is 27.8 Å². The molecule has 0 saturated carbocycles. The number of rotatable bonds is 10. The Morgan fingerprint density at radius 3 is 2.02 bits per heavy atom. The molecule has 0 fully saturated rings. The Morgan fingerprint density at radius 2 is 1.41 bits per heavy atom. The van der Waals surface area contributed by atoms with E-state index in [1.165, 1.54) is 19.9 Å². The summed E-state index contributed by atoms with van der Waals surface area (Å²) in [6, 6.07) is 9.70. The summed E-state index contributed by atoms with van der Waals surface area (Å²) in [6.07, 6.45) is 8.09. The summed E-state index contributed by atoms with van der Waals surface area (Å²) in [5.74, 6) is 0.938. The highest BCUT2D eigenvalue weighted by Crippen LogP contribution is 2.38. The summed E-state index contributed by atoms with van der Waals surface area (Å²) in [5.41, 5.74) is -1.31. The first-order valence-corrected chi connectivity index (χ1v) is 21.0. The van der Waals surface area contributed by atoms with E-state index in [0.29, 0.717) is 50.8 Å². The molecule has 1 heterocycles. The smallest absolute Gasteiger partial charge is 0.456 e. The first-order chi connectivity index (χ1) is 23.4. The van der Waals surface area contributed by atoms with E-state index in [-0.39, 0.29) is 4.90 Å². The number of ether oxygens (including phenoxy) is 1. The second-order valence-electron chi connectivity index (χ2n) is 11.8. The molecule has 1 aliphatic carbocycles. The van der Waals surface area contributed by atoms with Gasteiger partial charge in [-0.25, -0.2) is 33.7 Å². The molecule has 4 N–H and O–H groups in total. The summed E-state index contributed by atoms with van der Waals surface area (Å²) in [5, 5.41) is 6.43. The monoisotopic (exact) mass is 788 g/mol.